The lowest BCUT2D eigenvalue weighted by atomic mass is 10.1. The minimum atomic E-state index is -1.16. The van der Waals surface area contributed by atoms with Crippen LogP contribution in [0.2, 0.25) is 0 Å². The normalized spacial score (nSPS) is 11.1. The minimum Gasteiger partial charge on any atom is -0.449 e. The fourth-order valence-corrected chi connectivity index (χ4v) is 2.14. The van der Waals surface area contributed by atoms with Crippen molar-refractivity contribution < 1.29 is 19.2 Å². The molecule has 8 heteroatoms. The fraction of sp³-hybridized carbons (Fsp3) is 0.167. The number of ether oxygens (including phenoxy) is 1. The molecule has 0 heterocycles. The molecule has 1 atom stereocenters. The van der Waals surface area contributed by atoms with Gasteiger partial charge in [-0.25, -0.2) is 4.79 Å². The lowest BCUT2D eigenvalue weighted by Crippen LogP contribution is -2.30. The average Bonchev–Trinajstić information content (AvgIpc) is 2.62. The number of amides is 1. The van der Waals surface area contributed by atoms with Crippen LogP contribution in [0.1, 0.15) is 28.4 Å². The molecule has 26 heavy (non-hydrogen) atoms. The maximum absolute atomic E-state index is 12.2. The number of rotatable bonds is 5. The van der Waals surface area contributed by atoms with E-state index in [0.29, 0.717) is 11.3 Å². The summed E-state index contributed by atoms with van der Waals surface area (Å²) in [5.74, 6) is -1.48. The first kappa shape index (κ1) is 18.6. The van der Waals surface area contributed by atoms with E-state index in [2.05, 4.69) is 5.32 Å². The van der Waals surface area contributed by atoms with Gasteiger partial charge in [-0.1, -0.05) is 18.2 Å². The van der Waals surface area contributed by atoms with E-state index < -0.39 is 22.9 Å². The molecule has 2 rings (SSSR count). The number of para-hydroxylation sites is 1. The van der Waals surface area contributed by atoms with Gasteiger partial charge < -0.3 is 10.1 Å². The molecule has 0 fully saturated rings. The van der Waals surface area contributed by atoms with E-state index >= 15 is 0 Å². The Kier molecular flexibility index (Phi) is 5.65. The van der Waals surface area contributed by atoms with E-state index in [4.69, 9.17) is 10.00 Å². The number of nitro benzene ring substituents is 1. The molecule has 132 valence electrons. The van der Waals surface area contributed by atoms with Crippen molar-refractivity contribution in [2.75, 3.05) is 5.32 Å². The maximum Gasteiger partial charge on any atom is 0.339 e. The quantitative estimate of drug-likeness (QED) is 0.501. The van der Waals surface area contributed by atoms with E-state index in [-0.39, 0.29) is 16.8 Å². The van der Waals surface area contributed by atoms with E-state index in [1.807, 2.05) is 6.07 Å². The number of hydrogen-bond donors (Lipinski definition) is 1. The number of esters is 1. The Hall–Kier alpha value is -3.73. The molecule has 0 spiro atoms. The van der Waals surface area contributed by atoms with Crippen molar-refractivity contribution >= 4 is 23.3 Å². The molecular formula is C18H15N3O5. The van der Waals surface area contributed by atoms with Crippen LogP contribution in [0.4, 0.5) is 11.4 Å². The van der Waals surface area contributed by atoms with Gasteiger partial charge in [-0.3, -0.25) is 14.9 Å². The SMILES string of the molecule is Cc1ccc(C(=O)O[C@H](C)C(=O)Nc2ccccc2C#N)cc1[N+](=O)[O-]. The smallest absolute Gasteiger partial charge is 0.339 e. The number of carbonyl (C=O) groups is 2. The van der Waals surface area contributed by atoms with Gasteiger partial charge in [0.2, 0.25) is 0 Å². The van der Waals surface area contributed by atoms with Gasteiger partial charge >= 0.3 is 5.97 Å². The van der Waals surface area contributed by atoms with E-state index in [9.17, 15) is 19.7 Å². The van der Waals surface area contributed by atoms with E-state index in [1.54, 1.807) is 25.1 Å². The van der Waals surface area contributed by atoms with Crippen LogP contribution in [0.25, 0.3) is 0 Å². The topological polar surface area (TPSA) is 122 Å². The van der Waals surface area contributed by atoms with Crippen molar-refractivity contribution in [1.29, 1.82) is 5.26 Å². The number of aryl methyl sites for hydroxylation is 1. The van der Waals surface area contributed by atoms with Crippen LogP contribution in [0.15, 0.2) is 42.5 Å². The molecule has 0 aliphatic heterocycles. The molecule has 1 amide bonds. The molecule has 2 aromatic carbocycles. The second kappa shape index (κ2) is 7.90. The number of carbonyl (C=O) groups excluding carboxylic acids is 2. The van der Waals surface area contributed by atoms with Crippen LogP contribution in [0.3, 0.4) is 0 Å². The van der Waals surface area contributed by atoms with Gasteiger partial charge in [0.1, 0.15) is 6.07 Å². The summed E-state index contributed by atoms with van der Waals surface area (Å²) in [6, 6.07) is 12.3. The summed E-state index contributed by atoms with van der Waals surface area (Å²) in [6.45, 7) is 2.92. The van der Waals surface area contributed by atoms with Gasteiger partial charge in [0, 0.05) is 11.6 Å². The molecule has 0 bridgehead atoms. The van der Waals surface area contributed by atoms with Crippen molar-refractivity contribution in [2.24, 2.45) is 0 Å². The van der Waals surface area contributed by atoms with Crippen molar-refractivity contribution in [1.82, 2.24) is 0 Å². The molecule has 2 aromatic rings. The number of nitrogens with zero attached hydrogens (tertiary/aromatic N) is 2. The van der Waals surface area contributed by atoms with Gasteiger partial charge in [-0.2, -0.15) is 5.26 Å². The van der Waals surface area contributed by atoms with E-state index in [0.717, 1.165) is 6.07 Å². The molecule has 0 unspecified atom stereocenters. The number of nitriles is 1. The molecule has 8 nitrogen and oxygen atoms in total. The highest BCUT2D eigenvalue weighted by Crippen LogP contribution is 2.20. The first-order chi connectivity index (χ1) is 12.3. The highest BCUT2D eigenvalue weighted by molar-refractivity contribution is 5.98. The minimum absolute atomic E-state index is 0.0284. The Morgan fingerprint density at radius 1 is 1.27 bits per heavy atom. The van der Waals surface area contributed by atoms with Crippen molar-refractivity contribution in [3.8, 4) is 6.07 Å². The van der Waals surface area contributed by atoms with Gasteiger partial charge in [-0.05, 0) is 32.0 Å². The number of benzene rings is 2. The molecule has 1 N–H and O–H groups in total. The lowest BCUT2D eigenvalue weighted by Gasteiger charge is -2.14. The number of nitro groups is 1. The van der Waals surface area contributed by atoms with Crippen LogP contribution < -0.4 is 5.32 Å². The molecule has 0 saturated heterocycles. The summed E-state index contributed by atoms with van der Waals surface area (Å²) in [7, 11) is 0. The van der Waals surface area contributed by atoms with Crippen LogP contribution in [-0.2, 0) is 9.53 Å². The van der Waals surface area contributed by atoms with Crippen LogP contribution in [-0.4, -0.2) is 22.9 Å². The molecule has 0 radical (unpaired) electrons. The van der Waals surface area contributed by atoms with Crippen LogP contribution in [0, 0.1) is 28.4 Å². The summed E-state index contributed by atoms with van der Waals surface area (Å²) in [5, 5.41) is 22.5. The summed E-state index contributed by atoms with van der Waals surface area (Å²) in [5.41, 5.74) is 0.742. The molecular weight excluding hydrogens is 338 g/mol. The first-order valence-corrected chi connectivity index (χ1v) is 7.59. The van der Waals surface area contributed by atoms with Gasteiger partial charge in [-0.15, -0.1) is 0 Å². The van der Waals surface area contributed by atoms with Crippen molar-refractivity contribution in [3.63, 3.8) is 0 Å². The lowest BCUT2D eigenvalue weighted by molar-refractivity contribution is -0.385. The highest BCUT2D eigenvalue weighted by atomic mass is 16.6. The number of hydrogen-bond acceptors (Lipinski definition) is 6. The summed E-state index contributed by atoms with van der Waals surface area (Å²) >= 11 is 0. The second-order valence-corrected chi connectivity index (χ2v) is 5.45. The monoisotopic (exact) mass is 353 g/mol. The second-order valence-electron chi connectivity index (χ2n) is 5.45. The number of nitrogens with one attached hydrogen (secondary N) is 1. The Bertz CT molecular complexity index is 917. The zero-order valence-corrected chi connectivity index (χ0v) is 14.1. The zero-order chi connectivity index (χ0) is 19.3. The molecule has 0 aliphatic rings. The molecule has 0 aromatic heterocycles. The highest BCUT2D eigenvalue weighted by Gasteiger charge is 2.22. The van der Waals surface area contributed by atoms with Gasteiger partial charge in [0.15, 0.2) is 6.10 Å². The van der Waals surface area contributed by atoms with Crippen molar-refractivity contribution in [2.45, 2.75) is 20.0 Å². The third-order valence-electron chi connectivity index (χ3n) is 3.60. The maximum atomic E-state index is 12.2. The molecule has 0 saturated carbocycles. The average molecular weight is 353 g/mol. The van der Waals surface area contributed by atoms with Crippen molar-refractivity contribution in [3.05, 3.63) is 69.3 Å². The van der Waals surface area contributed by atoms with Crippen LogP contribution in [0.5, 0.6) is 0 Å². The third kappa shape index (κ3) is 4.21. The Labute approximate surface area is 149 Å². The Morgan fingerprint density at radius 3 is 2.62 bits per heavy atom. The predicted octanol–water partition coefficient (Wildman–Crippen LogP) is 2.96. The Balaban J connectivity index is 2.09. The predicted molar refractivity (Wildman–Crippen MR) is 92.5 cm³/mol. The van der Waals surface area contributed by atoms with E-state index in [1.165, 1.54) is 25.1 Å². The number of anilines is 1. The largest absolute Gasteiger partial charge is 0.449 e. The fourth-order valence-electron chi connectivity index (χ4n) is 2.14. The summed E-state index contributed by atoms with van der Waals surface area (Å²) < 4.78 is 5.06. The summed E-state index contributed by atoms with van der Waals surface area (Å²) in [4.78, 5) is 34.7. The van der Waals surface area contributed by atoms with Gasteiger partial charge in [0.25, 0.3) is 11.6 Å². The standard InChI is InChI=1S/C18H15N3O5/c1-11-7-8-13(9-16(11)21(24)25)18(23)26-12(2)17(22)20-15-6-4-3-5-14(15)10-19/h3-9,12H,1-2H3,(H,20,22)/t12-/m1/s1. The zero-order valence-electron chi connectivity index (χ0n) is 14.1. The first-order valence-electron chi connectivity index (χ1n) is 7.59. The third-order valence-corrected chi connectivity index (χ3v) is 3.60. The van der Waals surface area contributed by atoms with Gasteiger partial charge in [0.05, 0.1) is 21.7 Å². The van der Waals surface area contributed by atoms with Crippen LogP contribution >= 0.6 is 0 Å². The molecule has 0 aliphatic carbocycles. The summed E-state index contributed by atoms with van der Waals surface area (Å²) in [6.07, 6.45) is -1.16. The Morgan fingerprint density at radius 2 is 1.96 bits per heavy atom.